The quantitative estimate of drug-likeness (QED) is 0.820. The molecule has 1 aromatic rings. The third-order valence-electron chi connectivity index (χ3n) is 4.57. The lowest BCUT2D eigenvalue weighted by atomic mass is 9.96. The van der Waals surface area contributed by atoms with Gasteiger partial charge in [-0.05, 0) is 57.2 Å². The summed E-state index contributed by atoms with van der Waals surface area (Å²) in [6.45, 7) is 8.45. The third-order valence-corrected chi connectivity index (χ3v) is 4.57. The van der Waals surface area contributed by atoms with Gasteiger partial charge < -0.3 is 10.2 Å². The summed E-state index contributed by atoms with van der Waals surface area (Å²) in [5.74, 6) is -0.0713. The monoisotopic (exact) mass is 292 g/mol. The summed E-state index contributed by atoms with van der Waals surface area (Å²) in [4.78, 5) is 2.32. The second-order valence-electron chi connectivity index (χ2n) is 6.10. The first-order valence-corrected chi connectivity index (χ1v) is 8.47. The molecule has 1 saturated heterocycles. The molecule has 0 amide bonds. The van der Waals surface area contributed by atoms with Crippen molar-refractivity contribution in [3.05, 3.63) is 29.6 Å². The molecule has 2 nitrogen and oxygen atoms in total. The number of anilines is 1. The number of benzene rings is 1. The van der Waals surface area contributed by atoms with Crippen molar-refractivity contribution in [2.45, 2.75) is 65.0 Å². The molecule has 3 heteroatoms. The Labute approximate surface area is 128 Å². The zero-order valence-electron chi connectivity index (χ0n) is 13.7. The molecule has 2 unspecified atom stereocenters. The zero-order valence-corrected chi connectivity index (χ0v) is 13.7. The van der Waals surface area contributed by atoms with Crippen LogP contribution in [0.2, 0.25) is 0 Å². The number of hydrogen-bond donors (Lipinski definition) is 1. The van der Waals surface area contributed by atoms with Crippen molar-refractivity contribution in [1.29, 1.82) is 0 Å². The Morgan fingerprint density at radius 1 is 1.33 bits per heavy atom. The highest BCUT2D eigenvalue weighted by atomic mass is 19.1. The Kier molecular flexibility index (Phi) is 6.04. The van der Waals surface area contributed by atoms with Crippen LogP contribution in [0.1, 0.15) is 64.5 Å². The van der Waals surface area contributed by atoms with Gasteiger partial charge in [0.25, 0.3) is 0 Å². The molecule has 118 valence electrons. The topological polar surface area (TPSA) is 15.3 Å². The average Bonchev–Trinajstić information content (AvgIpc) is 2.52. The molecule has 0 aromatic heterocycles. The van der Waals surface area contributed by atoms with Crippen LogP contribution >= 0.6 is 0 Å². The molecule has 0 bridgehead atoms. The van der Waals surface area contributed by atoms with Gasteiger partial charge in [0, 0.05) is 18.6 Å². The minimum absolute atomic E-state index is 0.0713. The summed E-state index contributed by atoms with van der Waals surface area (Å²) >= 11 is 0. The second kappa shape index (κ2) is 7.79. The number of piperidine rings is 1. The van der Waals surface area contributed by atoms with E-state index in [1.165, 1.54) is 19.3 Å². The van der Waals surface area contributed by atoms with E-state index >= 15 is 0 Å². The van der Waals surface area contributed by atoms with E-state index in [-0.39, 0.29) is 11.9 Å². The minimum Gasteiger partial charge on any atom is -0.366 e. The molecule has 1 heterocycles. The van der Waals surface area contributed by atoms with Crippen LogP contribution in [-0.2, 0) is 0 Å². The van der Waals surface area contributed by atoms with E-state index in [2.05, 4.69) is 37.1 Å². The highest BCUT2D eigenvalue weighted by Crippen LogP contribution is 2.34. The molecule has 2 atom stereocenters. The number of halogens is 1. The normalized spacial score (nSPS) is 20.6. The van der Waals surface area contributed by atoms with Gasteiger partial charge in [-0.1, -0.05) is 26.0 Å². The molecule has 1 fully saturated rings. The van der Waals surface area contributed by atoms with E-state index < -0.39 is 0 Å². The molecule has 0 radical (unpaired) electrons. The van der Waals surface area contributed by atoms with Crippen LogP contribution < -0.4 is 10.2 Å². The van der Waals surface area contributed by atoms with Crippen molar-refractivity contribution >= 4 is 5.69 Å². The lowest BCUT2D eigenvalue weighted by Gasteiger charge is -2.39. The van der Waals surface area contributed by atoms with E-state index in [0.29, 0.717) is 6.04 Å². The Hall–Kier alpha value is -1.09. The summed E-state index contributed by atoms with van der Waals surface area (Å²) in [6.07, 6.45) is 5.80. The van der Waals surface area contributed by atoms with Gasteiger partial charge in [0.2, 0.25) is 0 Å². The Bertz CT molecular complexity index is 447. The molecule has 0 aliphatic carbocycles. The third kappa shape index (κ3) is 3.76. The van der Waals surface area contributed by atoms with Crippen LogP contribution in [0, 0.1) is 5.82 Å². The van der Waals surface area contributed by atoms with Gasteiger partial charge in [-0.3, -0.25) is 0 Å². The van der Waals surface area contributed by atoms with Gasteiger partial charge in [-0.2, -0.15) is 0 Å². The minimum atomic E-state index is -0.0713. The van der Waals surface area contributed by atoms with Gasteiger partial charge in [-0.25, -0.2) is 4.39 Å². The zero-order chi connectivity index (χ0) is 15.2. The second-order valence-corrected chi connectivity index (χ2v) is 6.10. The van der Waals surface area contributed by atoms with Gasteiger partial charge in [0.15, 0.2) is 0 Å². The lowest BCUT2D eigenvalue weighted by Crippen LogP contribution is -2.40. The first-order valence-electron chi connectivity index (χ1n) is 8.47. The van der Waals surface area contributed by atoms with Crippen LogP contribution in [-0.4, -0.2) is 19.1 Å². The SMILES string of the molecule is CCCNC(C)c1cccc(F)c1N1CCCCC1CC. The lowest BCUT2D eigenvalue weighted by molar-refractivity contribution is 0.439. The maximum Gasteiger partial charge on any atom is 0.146 e. The predicted octanol–water partition coefficient (Wildman–Crippen LogP) is 4.66. The summed E-state index contributed by atoms with van der Waals surface area (Å²) < 4.78 is 14.6. The highest BCUT2D eigenvalue weighted by molar-refractivity contribution is 5.57. The molecule has 2 rings (SSSR count). The van der Waals surface area contributed by atoms with E-state index in [9.17, 15) is 4.39 Å². The Morgan fingerprint density at radius 3 is 2.86 bits per heavy atom. The Morgan fingerprint density at radius 2 is 2.14 bits per heavy atom. The standard InChI is InChI=1S/C18H29FN2/c1-4-12-20-14(3)16-10-8-11-17(19)18(16)21-13-7-6-9-15(21)5-2/h8,10-11,14-15,20H,4-7,9,12-13H2,1-3H3. The van der Waals surface area contributed by atoms with Crippen LogP contribution in [0.4, 0.5) is 10.1 Å². The number of para-hydroxylation sites is 1. The average molecular weight is 292 g/mol. The van der Waals surface area contributed by atoms with Crippen LogP contribution in [0.15, 0.2) is 18.2 Å². The van der Waals surface area contributed by atoms with Gasteiger partial charge in [0.05, 0.1) is 5.69 Å². The van der Waals surface area contributed by atoms with Crippen LogP contribution in [0.3, 0.4) is 0 Å². The van der Waals surface area contributed by atoms with Gasteiger partial charge >= 0.3 is 0 Å². The molecular weight excluding hydrogens is 263 g/mol. The number of rotatable bonds is 6. The summed E-state index contributed by atoms with van der Waals surface area (Å²) in [7, 11) is 0. The molecule has 1 aliphatic heterocycles. The maximum absolute atomic E-state index is 14.6. The van der Waals surface area contributed by atoms with Crippen molar-refractivity contribution in [1.82, 2.24) is 5.32 Å². The van der Waals surface area contributed by atoms with E-state index in [1.807, 2.05) is 6.07 Å². The molecule has 1 aliphatic rings. The number of nitrogens with zero attached hydrogens (tertiary/aromatic N) is 1. The number of nitrogens with one attached hydrogen (secondary N) is 1. The summed E-state index contributed by atoms with van der Waals surface area (Å²) in [5, 5.41) is 3.49. The summed E-state index contributed by atoms with van der Waals surface area (Å²) in [6, 6.07) is 6.19. The first-order chi connectivity index (χ1) is 10.2. The Balaban J connectivity index is 2.32. The number of hydrogen-bond acceptors (Lipinski definition) is 2. The fourth-order valence-electron chi connectivity index (χ4n) is 3.37. The molecule has 0 saturated carbocycles. The largest absolute Gasteiger partial charge is 0.366 e. The van der Waals surface area contributed by atoms with Gasteiger partial charge in [0.1, 0.15) is 5.82 Å². The highest BCUT2D eigenvalue weighted by Gasteiger charge is 2.26. The van der Waals surface area contributed by atoms with Crippen molar-refractivity contribution in [3.8, 4) is 0 Å². The fourth-order valence-corrected chi connectivity index (χ4v) is 3.37. The van der Waals surface area contributed by atoms with Crippen molar-refractivity contribution in [2.24, 2.45) is 0 Å². The van der Waals surface area contributed by atoms with Crippen molar-refractivity contribution < 1.29 is 4.39 Å². The fraction of sp³-hybridized carbons (Fsp3) is 0.667. The molecular formula is C18H29FN2. The molecule has 0 spiro atoms. The summed E-state index contributed by atoms with van der Waals surface area (Å²) in [5.41, 5.74) is 1.93. The van der Waals surface area contributed by atoms with E-state index in [0.717, 1.165) is 37.2 Å². The van der Waals surface area contributed by atoms with E-state index in [4.69, 9.17) is 0 Å². The smallest absolute Gasteiger partial charge is 0.146 e. The van der Waals surface area contributed by atoms with Crippen molar-refractivity contribution in [2.75, 3.05) is 18.0 Å². The van der Waals surface area contributed by atoms with Crippen LogP contribution in [0.5, 0.6) is 0 Å². The maximum atomic E-state index is 14.6. The van der Waals surface area contributed by atoms with Crippen LogP contribution in [0.25, 0.3) is 0 Å². The molecule has 1 N–H and O–H groups in total. The van der Waals surface area contributed by atoms with Gasteiger partial charge in [-0.15, -0.1) is 0 Å². The first kappa shape index (κ1) is 16.3. The predicted molar refractivity (Wildman–Crippen MR) is 88.4 cm³/mol. The van der Waals surface area contributed by atoms with Crippen molar-refractivity contribution in [3.63, 3.8) is 0 Å². The molecule has 1 aromatic carbocycles. The van der Waals surface area contributed by atoms with E-state index in [1.54, 1.807) is 6.07 Å². The molecule has 21 heavy (non-hydrogen) atoms.